The Balaban J connectivity index is 1.40. The molecular formula is C27H29N3O4S. The quantitative estimate of drug-likeness (QED) is 0.452. The van der Waals surface area contributed by atoms with E-state index in [1.165, 1.54) is 28.6 Å². The highest BCUT2D eigenvalue weighted by molar-refractivity contribution is 7.92. The fourth-order valence-corrected chi connectivity index (χ4v) is 5.27. The molecule has 1 aliphatic rings. The largest absolute Gasteiger partial charge is 0.346 e. The van der Waals surface area contributed by atoms with Gasteiger partial charge in [0.2, 0.25) is 5.91 Å². The molecule has 7 nitrogen and oxygen atoms in total. The first kappa shape index (κ1) is 24.5. The maximum Gasteiger partial charge on any atom is 0.264 e. The normalized spacial score (nSPS) is 14.1. The van der Waals surface area contributed by atoms with Crippen LogP contribution >= 0.6 is 0 Å². The molecule has 3 aromatic rings. The molecule has 0 bridgehead atoms. The predicted octanol–water partition coefficient (Wildman–Crippen LogP) is 4.74. The highest BCUT2D eigenvalue weighted by atomic mass is 32.2. The smallest absolute Gasteiger partial charge is 0.264 e. The fraction of sp³-hybridized carbons (Fsp3) is 0.259. The van der Waals surface area contributed by atoms with Gasteiger partial charge in [-0.2, -0.15) is 0 Å². The zero-order chi connectivity index (χ0) is 25.0. The molecule has 1 fully saturated rings. The molecule has 0 radical (unpaired) electrons. The van der Waals surface area contributed by atoms with Crippen molar-refractivity contribution in [1.82, 2.24) is 5.32 Å². The van der Waals surface area contributed by atoms with Gasteiger partial charge in [-0.05, 0) is 80.8 Å². The van der Waals surface area contributed by atoms with E-state index in [2.05, 4.69) is 10.6 Å². The third-order valence-corrected chi connectivity index (χ3v) is 7.93. The second kappa shape index (κ2) is 10.3. The second-order valence-electron chi connectivity index (χ2n) is 8.61. The van der Waals surface area contributed by atoms with Gasteiger partial charge in [0.1, 0.15) is 0 Å². The van der Waals surface area contributed by atoms with E-state index in [4.69, 9.17) is 0 Å². The summed E-state index contributed by atoms with van der Waals surface area (Å²) in [6, 6.07) is 22.0. The molecule has 1 saturated carbocycles. The lowest BCUT2D eigenvalue weighted by atomic mass is 10.1. The monoisotopic (exact) mass is 491 g/mol. The number of anilines is 2. The summed E-state index contributed by atoms with van der Waals surface area (Å²) in [4.78, 5) is 24.8. The fourth-order valence-electron chi connectivity index (χ4n) is 3.80. The van der Waals surface area contributed by atoms with Crippen LogP contribution in [0.3, 0.4) is 0 Å². The van der Waals surface area contributed by atoms with Crippen molar-refractivity contribution < 1.29 is 18.0 Å². The average Bonchev–Trinajstić information content (AvgIpc) is 3.71. The van der Waals surface area contributed by atoms with Crippen LogP contribution < -0.4 is 14.9 Å². The Morgan fingerprint density at radius 3 is 2.14 bits per heavy atom. The summed E-state index contributed by atoms with van der Waals surface area (Å²) < 4.78 is 27.6. The molecule has 3 aromatic carbocycles. The Kier molecular flexibility index (Phi) is 7.21. The Bertz CT molecular complexity index is 1290. The number of hydrogen-bond acceptors (Lipinski definition) is 4. The lowest BCUT2D eigenvalue weighted by Crippen LogP contribution is -2.31. The molecule has 0 aromatic heterocycles. The SMILES string of the molecule is CCN(c1ccccc1)S(=O)(=O)c1ccc(C(=O)NC(C)c2ccc(NC(=O)C3CC3)cc2)cc1. The number of nitrogens with zero attached hydrogens (tertiary/aromatic N) is 1. The number of nitrogens with one attached hydrogen (secondary N) is 2. The van der Waals surface area contributed by atoms with E-state index in [1.54, 1.807) is 31.2 Å². The molecule has 2 amide bonds. The minimum absolute atomic E-state index is 0.0513. The molecule has 1 atom stereocenters. The number of para-hydroxylation sites is 1. The van der Waals surface area contributed by atoms with Gasteiger partial charge < -0.3 is 10.6 Å². The molecule has 1 unspecified atom stereocenters. The third-order valence-electron chi connectivity index (χ3n) is 6.01. The number of carbonyl (C=O) groups excluding carboxylic acids is 2. The molecular weight excluding hydrogens is 462 g/mol. The summed E-state index contributed by atoms with van der Waals surface area (Å²) in [5.41, 5.74) is 2.58. The number of carbonyl (C=O) groups is 2. The highest BCUT2D eigenvalue weighted by Crippen LogP contribution is 2.30. The number of hydrogen-bond donors (Lipinski definition) is 2. The third kappa shape index (κ3) is 5.71. The van der Waals surface area contributed by atoms with Gasteiger partial charge in [-0.1, -0.05) is 30.3 Å². The van der Waals surface area contributed by atoms with Crippen molar-refractivity contribution in [2.24, 2.45) is 5.92 Å². The van der Waals surface area contributed by atoms with Crippen molar-refractivity contribution in [3.8, 4) is 0 Å². The average molecular weight is 492 g/mol. The van der Waals surface area contributed by atoms with Gasteiger partial charge in [-0.3, -0.25) is 13.9 Å². The molecule has 0 heterocycles. The molecule has 0 aliphatic heterocycles. The predicted molar refractivity (Wildman–Crippen MR) is 137 cm³/mol. The first-order chi connectivity index (χ1) is 16.8. The van der Waals surface area contributed by atoms with E-state index in [1.807, 2.05) is 37.3 Å². The van der Waals surface area contributed by atoms with Crippen LogP contribution in [0.25, 0.3) is 0 Å². The first-order valence-electron chi connectivity index (χ1n) is 11.7. The zero-order valence-electron chi connectivity index (χ0n) is 19.8. The van der Waals surface area contributed by atoms with Gasteiger partial charge in [-0.25, -0.2) is 8.42 Å². The maximum atomic E-state index is 13.1. The van der Waals surface area contributed by atoms with Crippen LogP contribution in [0.1, 0.15) is 48.7 Å². The molecule has 35 heavy (non-hydrogen) atoms. The van der Waals surface area contributed by atoms with Crippen molar-refractivity contribution >= 4 is 33.2 Å². The molecule has 182 valence electrons. The summed E-state index contributed by atoms with van der Waals surface area (Å²) in [6.45, 7) is 3.93. The van der Waals surface area contributed by atoms with Crippen molar-refractivity contribution in [3.63, 3.8) is 0 Å². The maximum absolute atomic E-state index is 13.1. The van der Waals surface area contributed by atoms with Gasteiger partial charge in [0.25, 0.3) is 15.9 Å². The van der Waals surface area contributed by atoms with Gasteiger partial charge >= 0.3 is 0 Å². The van der Waals surface area contributed by atoms with E-state index < -0.39 is 10.0 Å². The lowest BCUT2D eigenvalue weighted by Gasteiger charge is -2.23. The van der Waals surface area contributed by atoms with Crippen LogP contribution in [0.5, 0.6) is 0 Å². The van der Waals surface area contributed by atoms with E-state index in [0.29, 0.717) is 11.3 Å². The number of rotatable bonds is 9. The molecule has 2 N–H and O–H groups in total. The zero-order valence-corrected chi connectivity index (χ0v) is 20.6. The van der Waals surface area contributed by atoms with Gasteiger partial charge in [0, 0.05) is 23.7 Å². The summed E-state index contributed by atoms with van der Waals surface area (Å²) in [5, 5.41) is 5.83. The summed E-state index contributed by atoms with van der Waals surface area (Å²) in [7, 11) is -3.76. The standard InChI is InChI=1S/C27H29N3O4S/c1-3-30(24-7-5-4-6-8-24)35(33,34)25-17-13-22(14-18-25)26(31)28-19(2)20-11-15-23(16-12-20)29-27(32)21-9-10-21/h4-8,11-19,21H,3,9-10H2,1-2H3,(H,28,31)(H,29,32). The number of benzene rings is 3. The van der Waals surface area contributed by atoms with Crippen LogP contribution in [-0.4, -0.2) is 26.8 Å². The van der Waals surface area contributed by atoms with Crippen molar-refractivity contribution in [3.05, 3.63) is 90.0 Å². The van der Waals surface area contributed by atoms with Crippen molar-refractivity contribution in [1.29, 1.82) is 0 Å². The Hall–Kier alpha value is -3.65. The highest BCUT2D eigenvalue weighted by Gasteiger charge is 2.29. The lowest BCUT2D eigenvalue weighted by molar-refractivity contribution is -0.117. The number of sulfonamides is 1. The Labute approximate surface area is 206 Å². The van der Waals surface area contributed by atoms with Crippen LogP contribution in [0.4, 0.5) is 11.4 Å². The molecule has 0 spiro atoms. The molecule has 1 aliphatic carbocycles. The summed E-state index contributed by atoms with van der Waals surface area (Å²) in [6.07, 6.45) is 1.90. The molecule has 4 rings (SSSR count). The molecule has 0 saturated heterocycles. The topological polar surface area (TPSA) is 95.6 Å². The minimum atomic E-state index is -3.76. The van der Waals surface area contributed by atoms with Crippen LogP contribution in [0.2, 0.25) is 0 Å². The van der Waals surface area contributed by atoms with E-state index >= 15 is 0 Å². The van der Waals surface area contributed by atoms with E-state index in [-0.39, 0.29) is 35.2 Å². The van der Waals surface area contributed by atoms with Gasteiger partial charge in [0.15, 0.2) is 0 Å². The Morgan fingerprint density at radius 2 is 1.57 bits per heavy atom. The van der Waals surface area contributed by atoms with E-state index in [0.717, 1.165) is 24.1 Å². The van der Waals surface area contributed by atoms with Crippen LogP contribution in [0.15, 0.2) is 83.8 Å². The van der Waals surface area contributed by atoms with Gasteiger partial charge in [-0.15, -0.1) is 0 Å². The van der Waals surface area contributed by atoms with E-state index in [9.17, 15) is 18.0 Å². The van der Waals surface area contributed by atoms with Crippen LogP contribution in [-0.2, 0) is 14.8 Å². The summed E-state index contributed by atoms with van der Waals surface area (Å²) in [5.74, 6) is -0.115. The summed E-state index contributed by atoms with van der Waals surface area (Å²) >= 11 is 0. The van der Waals surface area contributed by atoms with Crippen molar-refractivity contribution in [2.75, 3.05) is 16.2 Å². The molecule has 8 heteroatoms. The Morgan fingerprint density at radius 1 is 0.943 bits per heavy atom. The second-order valence-corrected chi connectivity index (χ2v) is 10.5. The first-order valence-corrected chi connectivity index (χ1v) is 13.1. The van der Waals surface area contributed by atoms with Crippen LogP contribution in [0, 0.1) is 5.92 Å². The van der Waals surface area contributed by atoms with Crippen molar-refractivity contribution in [2.45, 2.75) is 37.6 Å². The minimum Gasteiger partial charge on any atom is -0.346 e. The number of amides is 2. The van der Waals surface area contributed by atoms with Gasteiger partial charge in [0.05, 0.1) is 16.6 Å².